The Hall–Kier alpha value is -1.74. The summed E-state index contributed by atoms with van der Waals surface area (Å²) in [5.41, 5.74) is 0.306. The monoisotopic (exact) mass is 307 g/mol. The first kappa shape index (κ1) is 16.3. The second kappa shape index (κ2) is 5.33. The molecule has 0 unspecified atom stereocenters. The smallest absolute Gasteiger partial charge is 0.459 e. The van der Waals surface area contributed by atoms with Gasteiger partial charge in [-0.15, -0.1) is 0 Å². The van der Waals surface area contributed by atoms with Crippen LogP contribution in [0.15, 0.2) is 18.5 Å². The molecule has 114 valence electrons. The zero-order valence-electron chi connectivity index (χ0n) is 9.61. The fourth-order valence-electron chi connectivity index (χ4n) is 1.16. The van der Waals surface area contributed by atoms with E-state index in [2.05, 4.69) is 9.72 Å². The number of halogens is 7. The van der Waals surface area contributed by atoms with Gasteiger partial charge in [-0.2, -0.15) is 30.7 Å². The quantitative estimate of drug-likeness (QED) is 0.671. The van der Waals surface area contributed by atoms with E-state index in [1.54, 1.807) is 0 Å². The van der Waals surface area contributed by atoms with Crippen LogP contribution in [0.4, 0.5) is 30.7 Å². The molecule has 0 aliphatic heterocycles. The SMILES string of the molecule is O=C(Cc1cc[nH]c1)OCC(F)(F)C(F)(F)C(F)(F)F. The summed E-state index contributed by atoms with van der Waals surface area (Å²) in [6.07, 6.45) is -4.26. The van der Waals surface area contributed by atoms with E-state index in [4.69, 9.17) is 0 Å². The Morgan fingerprint density at radius 1 is 1.15 bits per heavy atom. The lowest BCUT2D eigenvalue weighted by Gasteiger charge is -2.27. The van der Waals surface area contributed by atoms with Crippen LogP contribution < -0.4 is 0 Å². The molecule has 20 heavy (non-hydrogen) atoms. The van der Waals surface area contributed by atoms with E-state index in [1.165, 1.54) is 18.5 Å². The summed E-state index contributed by atoms with van der Waals surface area (Å²) in [4.78, 5) is 13.6. The molecule has 0 saturated carbocycles. The zero-order valence-corrected chi connectivity index (χ0v) is 9.61. The fourth-order valence-corrected chi connectivity index (χ4v) is 1.16. The van der Waals surface area contributed by atoms with E-state index in [0.717, 1.165) is 0 Å². The molecule has 0 aliphatic carbocycles. The van der Waals surface area contributed by atoms with Crippen LogP contribution in [0.1, 0.15) is 5.56 Å². The highest BCUT2D eigenvalue weighted by molar-refractivity contribution is 5.72. The lowest BCUT2D eigenvalue weighted by Crippen LogP contribution is -2.54. The minimum absolute atomic E-state index is 0.306. The van der Waals surface area contributed by atoms with Crippen molar-refractivity contribution in [2.75, 3.05) is 6.61 Å². The minimum Gasteiger partial charge on any atom is -0.459 e. The molecule has 1 aromatic heterocycles. The van der Waals surface area contributed by atoms with Crippen molar-refractivity contribution < 1.29 is 40.3 Å². The number of aromatic nitrogens is 1. The van der Waals surface area contributed by atoms with Crippen LogP contribution in [0.5, 0.6) is 0 Å². The number of ether oxygens (including phenoxy) is 1. The standard InChI is InChI=1S/C10H8F7NO2/c11-8(12,9(13,14)10(15,16)17)5-20-7(19)3-6-1-2-18-4-6/h1-2,4,18H,3,5H2. The molecule has 0 spiro atoms. The molecule has 10 heteroatoms. The van der Waals surface area contributed by atoms with Crippen molar-refractivity contribution in [1.82, 2.24) is 4.98 Å². The normalized spacial score (nSPS) is 13.3. The maximum Gasteiger partial charge on any atom is 0.460 e. The molecule has 0 aliphatic rings. The van der Waals surface area contributed by atoms with Crippen molar-refractivity contribution in [3.8, 4) is 0 Å². The van der Waals surface area contributed by atoms with Crippen LogP contribution in [0.3, 0.4) is 0 Å². The summed E-state index contributed by atoms with van der Waals surface area (Å²) in [5.74, 6) is -13.2. The number of alkyl halides is 7. The Morgan fingerprint density at radius 2 is 1.75 bits per heavy atom. The fraction of sp³-hybridized carbons (Fsp3) is 0.500. The van der Waals surface area contributed by atoms with Crippen LogP contribution in [-0.2, 0) is 16.0 Å². The van der Waals surface area contributed by atoms with Gasteiger partial charge >= 0.3 is 24.0 Å². The number of aromatic amines is 1. The number of rotatable bonds is 5. The summed E-state index contributed by atoms with van der Waals surface area (Å²) in [7, 11) is 0. The molecule has 0 bridgehead atoms. The topological polar surface area (TPSA) is 42.1 Å². The van der Waals surface area contributed by atoms with E-state index in [9.17, 15) is 35.5 Å². The number of carbonyl (C=O) groups excluding carboxylic acids is 1. The number of hydrogen-bond donors (Lipinski definition) is 1. The maximum atomic E-state index is 12.8. The summed E-state index contributed by atoms with van der Waals surface area (Å²) >= 11 is 0. The number of hydrogen-bond acceptors (Lipinski definition) is 2. The van der Waals surface area contributed by atoms with Crippen molar-refractivity contribution in [2.24, 2.45) is 0 Å². The third-order valence-corrected chi connectivity index (χ3v) is 2.24. The number of esters is 1. The van der Waals surface area contributed by atoms with Crippen LogP contribution in [-0.4, -0.2) is 35.6 Å². The molecular formula is C10H8F7NO2. The average molecular weight is 307 g/mol. The van der Waals surface area contributed by atoms with Gasteiger partial charge in [0.25, 0.3) is 0 Å². The van der Waals surface area contributed by atoms with Gasteiger partial charge in [0.1, 0.15) is 0 Å². The van der Waals surface area contributed by atoms with Crippen LogP contribution in [0.2, 0.25) is 0 Å². The first-order valence-corrected chi connectivity index (χ1v) is 5.07. The van der Waals surface area contributed by atoms with Gasteiger partial charge in [-0.3, -0.25) is 4.79 Å². The van der Waals surface area contributed by atoms with Crippen LogP contribution in [0.25, 0.3) is 0 Å². The lowest BCUT2D eigenvalue weighted by molar-refractivity contribution is -0.359. The molecule has 0 amide bonds. The second-order valence-electron chi connectivity index (χ2n) is 3.83. The van der Waals surface area contributed by atoms with Gasteiger partial charge in [-0.1, -0.05) is 0 Å². The summed E-state index contributed by atoms with van der Waals surface area (Å²) in [6.45, 7) is -2.36. The van der Waals surface area contributed by atoms with E-state index < -0.39 is 37.0 Å². The molecule has 1 aromatic rings. The van der Waals surface area contributed by atoms with Gasteiger partial charge in [0.05, 0.1) is 6.42 Å². The van der Waals surface area contributed by atoms with E-state index in [-0.39, 0.29) is 0 Å². The molecule has 0 saturated heterocycles. The van der Waals surface area contributed by atoms with Crippen molar-refractivity contribution in [2.45, 2.75) is 24.4 Å². The molecule has 0 fully saturated rings. The van der Waals surface area contributed by atoms with Gasteiger partial charge in [-0.25, -0.2) is 0 Å². The van der Waals surface area contributed by atoms with E-state index in [1.807, 2.05) is 0 Å². The molecule has 1 rings (SSSR count). The minimum atomic E-state index is -6.44. The number of carbonyl (C=O) groups is 1. The second-order valence-corrected chi connectivity index (χ2v) is 3.83. The zero-order chi connectivity index (χ0) is 15.6. The van der Waals surface area contributed by atoms with Gasteiger partial charge in [0, 0.05) is 12.4 Å². The van der Waals surface area contributed by atoms with Gasteiger partial charge < -0.3 is 9.72 Å². The summed E-state index contributed by atoms with van der Waals surface area (Å²) in [6, 6.07) is 1.38. The summed E-state index contributed by atoms with van der Waals surface area (Å²) in [5, 5.41) is 0. The van der Waals surface area contributed by atoms with E-state index >= 15 is 0 Å². The third-order valence-electron chi connectivity index (χ3n) is 2.24. The average Bonchev–Trinajstić information content (AvgIpc) is 2.77. The van der Waals surface area contributed by atoms with Crippen molar-refractivity contribution >= 4 is 5.97 Å². The van der Waals surface area contributed by atoms with Crippen molar-refractivity contribution in [3.05, 3.63) is 24.0 Å². The van der Waals surface area contributed by atoms with Crippen molar-refractivity contribution in [1.29, 1.82) is 0 Å². The Balaban J connectivity index is 2.61. The van der Waals surface area contributed by atoms with Crippen molar-refractivity contribution in [3.63, 3.8) is 0 Å². The number of H-pyrrole nitrogens is 1. The molecular weight excluding hydrogens is 299 g/mol. The molecule has 3 nitrogen and oxygen atoms in total. The Bertz CT molecular complexity index is 453. The predicted octanol–water partition coefficient (Wildman–Crippen LogP) is 2.93. The van der Waals surface area contributed by atoms with E-state index in [0.29, 0.717) is 5.56 Å². The van der Waals surface area contributed by atoms with Crippen LogP contribution in [0, 0.1) is 0 Å². The first-order chi connectivity index (χ1) is 8.97. The number of nitrogens with one attached hydrogen (secondary N) is 1. The maximum absolute atomic E-state index is 12.8. The summed E-state index contributed by atoms with van der Waals surface area (Å²) < 4.78 is 89.6. The highest BCUT2D eigenvalue weighted by atomic mass is 19.4. The Kier molecular flexibility index (Phi) is 4.35. The Labute approximate surface area is 107 Å². The predicted molar refractivity (Wildman–Crippen MR) is 51.4 cm³/mol. The van der Waals surface area contributed by atoms with Gasteiger partial charge in [0.2, 0.25) is 0 Å². The first-order valence-electron chi connectivity index (χ1n) is 5.07. The highest BCUT2D eigenvalue weighted by Crippen LogP contribution is 2.46. The van der Waals surface area contributed by atoms with Crippen LogP contribution >= 0.6 is 0 Å². The molecule has 1 heterocycles. The Morgan fingerprint density at radius 3 is 2.20 bits per heavy atom. The lowest BCUT2D eigenvalue weighted by atomic mass is 10.2. The molecule has 0 radical (unpaired) electrons. The van der Waals surface area contributed by atoms with Gasteiger partial charge in [-0.05, 0) is 11.6 Å². The van der Waals surface area contributed by atoms with Gasteiger partial charge in [0.15, 0.2) is 6.61 Å². The molecule has 0 atom stereocenters. The third kappa shape index (κ3) is 3.42. The molecule has 1 N–H and O–H groups in total. The largest absolute Gasteiger partial charge is 0.460 e. The molecule has 0 aromatic carbocycles. The highest BCUT2D eigenvalue weighted by Gasteiger charge is 2.73.